The minimum atomic E-state index is -0.779. The molecule has 2 aliphatic rings. The van der Waals surface area contributed by atoms with Crippen LogP contribution in [-0.4, -0.2) is 15.0 Å². The standard InChI is InChI=1S/C60H38N4O2/c1-2-16-41(17-3-1)57-61-58(42-28-33-48(34-29-42)64-51-21-9-12-24-55(51)66-56-25-13-10-22-52(56)64)63-59(62-57)45-30-35-54-50(38-45)60(49-20-8-11-23-53(49)65-54,46-31-26-39-14-4-6-18-43(39)36-46)47-32-27-40-15-5-7-19-44(40)37-47/h1-38H. The number of para-hydroxylation sites is 5. The van der Waals surface area contributed by atoms with Crippen molar-refractivity contribution in [3.8, 4) is 57.2 Å². The highest BCUT2D eigenvalue weighted by molar-refractivity contribution is 5.89. The lowest BCUT2D eigenvalue weighted by molar-refractivity contribution is 0.435. The van der Waals surface area contributed by atoms with E-state index in [1.165, 1.54) is 21.5 Å². The molecule has 13 rings (SSSR count). The van der Waals surface area contributed by atoms with E-state index in [4.69, 9.17) is 24.4 Å². The molecular weight excluding hydrogens is 809 g/mol. The molecule has 0 unspecified atom stereocenters. The summed E-state index contributed by atoms with van der Waals surface area (Å²) in [4.78, 5) is 17.9. The number of hydrogen-bond acceptors (Lipinski definition) is 6. The number of aromatic nitrogens is 3. The Morgan fingerprint density at radius 1 is 0.318 bits per heavy atom. The molecule has 6 nitrogen and oxygen atoms in total. The van der Waals surface area contributed by atoms with E-state index >= 15 is 0 Å². The van der Waals surface area contributed by atoms with Crippen LogP contribution in [0.5, 0.6) is 23.0 Å². The summed E-state index contributed by atoms with van der Waals surface area (Å²) in [7, 11) is 0. The number of ether oxygens (including phenoxy) is 2. The highest BCUT2D eigenvalue weighted by Gasteiger charge is 2.46. The first-order chi connectivity index (χ1) is 32.7. The normalized spacial score (nSPS) is 13.2. The maximum atomic E-state index is 6.87. The number of anilines is 3. The molecule has 6 heteroatoms. The molecule has 0 atom stereocenters. The average molecular weight is 847 g/mol. The maximum Gasteiger partial charge on any atom is 0.164 e. The summed E-state index contributed by atoms with van der Waals surface area (Å²) in [5.41, 5.74) is 9.11. The summed E-state index contributed by atoms with van der Waals surface area (Å²) in [6.45, 7) is 0. The Bertz CT molecular complexity index is 3560. The average Bonchev–Trinajstić information content (AvgIpc) is 3.39. The van der Waals surface area contributed by atoms with E-state index < -0.39 is 5.41 Å². The predicted molar refractivity (Wildman–Crippen MR) is 264 cm³/mol. The molecular formula is C60H38N4O2. The van der Waals surface area contributed by atoms with Crippen molar-refractivity contribution < 1.29 is 9.47 Å². The second-order valence-corrected chi connectivity index (χ2v) is 16.8. The molecule has 0 saturated carbocycles. The molecule has 0 fully saturated rings. The number of benzene rings is 10. The van der Waals surface area contributed by atoms with Crippen LogP contribution in [0, 0.1) is 0 Å². The van der Waals surface area contributed by atoms with Crippen molar-refractivity contribution in [2.75, 3.05) is 4.90 Å². The van der Waals surface area contributed by atoms with Gasteiger partial charge in [0.05, 0.1) is 16.8 Å². The predicted octanol–water partition coefficient (Wildman–Crippen LogP) is 15.2. The molecule has 0 bridgehead atoms. The van der Waals surface area contributed by atoms with Crippen molar-refractivity contribution in [2.45, 2.75) is 5.41 Å². The Hall–Kier alpha value is -8.87. The molecule has 0 N–H and O–H groups in total. The van der Waals surface area contributed by atoms with Gasteiger partial charge in [-0.25, -0.2) is 15.0 Å². The van der Waals surface area contributed by atoms with Crippen molar-refractivity contribution in [1.29, 1.82) is 0 Å². The van der Waals surface area contributed by atoms with Gasteiger partial charge in [0.2, 0.25) is 0 Å². The molecule has 2 aliphatic heterocycles. The molecule has 310 valence electrons. The fraction of sp³-hybridized carbons (Fsp3) is 0.0167. The Balaban J connectivity index is 1.00. The summed E-state index contributed by atoms with van der Waals surface area (Å²) in [5, 5.41) is 4.70. The largest absolute Gasteiger partial charge is 0.457 e. The highest BCUT2D eigenvalue weighted by atomic mass is 16.5. The van der Waals surface area contributed by atoms with Gasteiger partial charge in [-0.2, -0.15) is 0 Å². The molecule has 11 aromatic rings. The number of hydrogen-bond donors (Lipinski definition) is 0. The van der Waals surface area contributed by atoms with E-state index in [-0.39, 0.29) is 0 Å². The summed E-state index contributed by atoms with van der Waals surface area (Å²) in [6.07, 6.45) is 0. The lowest BCUT2D eigenvalue weighted by atomic mass is 9.63. The lowest BCUT2D eigenvalue weighted by Gasteiger charge is -2.42. The maximum absolute atomic E-state index is 6.87. The summed E-state index contributed by atoms with van der Waals surface area (Å²) < 4.78 is 13.2. The topological polar surface area (TPSA) is 60.4 Å². The van der Waals surface area contributed by atoms with Crippen LogP contribution in [0.25, 0.3) is 55.7 Å². The molecule has 66 heavy (non-hydrogen) atoms. The van der Waals surface area contributed by atoms with Gasteiger partial charge in [0.1, 0.15) is 11.5 Å². The summed E-state index contributed by atoms with van der Waals surface area (Å²) in [6, 6.07) is 80.5. The van der Waals surface area contributed by atoms with Crippen LogP contribution in [0.4, 0.5) is 17.1 Å². The van der Waals surface area contributed by atoms with Gasteiger partial charge in [-0.15, -0.1) is 0 Å². The van der Waals surface area contributed by atoms with Crippen molar-refractivity contribution >= 4 is 38.6 Å². The smallest absolute Gasteiger partial charge is 0.164 e. The van der Waals surface area contributed by atoms with Gasteiger partial charge in [-0.3, -0.25) is 0 Å². The van der Waals surface area contributed by atoms with Gasteiger partial charge < -0.3 is 14.4 Å². The Morgan fingerprint density at radius 2 is 0.773 bits per heavy atom. The minimum absolute atomic E-state index is 0.562. The molecule has 1 aromatic heterocycles. The van der Waals surface area contributed by atoms with Crippen LogP contribution in [0.1, 0.15) is 22.3 Å². The van der Waals surface area contributed by atoms with Crippen LogP contribution in [0.3, 0.4) is 0 Å². The fourth-order valence-corrected chi connectivity index (χ4v) is 9.91. The van der Waals surface area contributed by atoms with Gasteiger partial charge in [0, 0.05) is 33.5 Å². The second-order valence-electron chi connectivity index (χ2n) is 16.8. The summed E-state index contributed by atoms with van der Waals surface area (Å²) >= 11 is 0. The van der Waals surface area contributed by atoms with E-state index in [0.717, 1.165) is 79.0 Å². The van der Waals surface area contributed by atoms with Crippen LogP contribution in [0.2, 0.25) is 0 Å². The van der Waals surface area contributed by atoms with Gasteiger partial charge in [-0.05, 0) is 118 Å². The van der Waals surface area contributed by atoms with Gasteiger partial charge >= 0.3 is 0 Å². The van der Waals surface area contributed by atoms with Crippen LogP contribution in [-0.2, 0) is 5.41 Å². The number of rotatable bonds is 6. The van der Waals surface area contributed by atoms with Crippen LogP contribution < -0.4 is 14.4 Å². The second kappa shape index (κ2) is 15.1. The van der Waals surface area contributed by atoms with E-state index in [1.54, 1.807) is 0 Å². The van der Waals surface area contributed by atoms with Crippen LogP contribution in [0.15, 0.2) is 231 Å². The third-order valence-corrected chi connectivity index (χ3v) is 13.0. The van der Waals surface area contributed by atoms with Crippen molar-refractivity contribution in [2.24, 2.45) is 0 Å². The monoisotopic (exact) mass is 846 g/mol. The molecule has 0 aliphatic carbocycles. The van der Waals surface area contributed by atoms with E-state index in [2.05, 4.69) is 163 Å². The SMILES string of the molecule is c1ccc(-c2nc(-c3ccc(N4c5ccccc5Oc5ccccc54)cc3)nc(-c3ccc4c(c3)C(c3ccc5ccccc5c3)(c3ccc5ccccc5c3)c3ccccc3O4)n2)cc1. The van der Waals surface area contributed by atoms with Crippen LogP contribution >= 0.6 is 0 Å². The molecule has 0 amide bonds. The lowest BCUT2D eigenvalue weighted by Crippen LogP contribution is -2.34. The van der Waals surface area contributed by atoms with E-state index in [9.17, 15) is 0 Å². The Kier molecular flexibility index (Phi) is 8.64. The summed E-state index contributed by atoms with van der Waals surface area (Å²) in [5.74, 6) is 4.93. The van der Waals surface area contributed by atoms with E-state index in [1.807, 2.05) is 72.8 Å². The molecule has 0 saturated heterocycles. The molecule has 0 radical (unpaired) electrons. The van der Waals surface area contributed by atoms with Crippen molar-refractivity contribution in [3.63, 3.8) is 0 Å². The zero-order chi connectivity index (χ0) is 43.6. The first kappa shape index (κ1) is 37.7. The number of fused-ring (bicyclic) bond motifs is 6. The first-order valence-electron chi connectivity index (χ1n) is 22.2. The zero-order valence-corrected chi connectivity index (χ0v) is 35.5. The highest BCUT2D eigenvalue weighted by Crippen LogP contribution is 2.57. The Morgan fingerprint density at radius 3 is 1.39 bits per heavy atom. The first-order valence-corrected chi connectivity index (χ1v) is 22.2. The Labute approximate surface area is 381 Å². The molecule has 10 aromatic carbocycles. The molecule has 0 spiro atoms. The minimum Gasteiger partial charge on any atom is -0.457 e. The zero-order valence-electron chi connectivity index (χ0n) is 35.5. The van der Waals surface area contributed by atoms with Gasteiger partial charge in [0.15, 0.2) is 29.0 Å². The van der Waals surface area contributed by atoms with Gasteiger partial charge in [-0.1, -0.05) is 146 Å². The third-order valence-electron chi connectivity index (χ3n) is 13.0. The third kappa shape index (κ3) is 6.07. The fourth-order valence-electron chi connectivity index (χ4n) is 9.91. The van der Waals surface area contributed by atoms with Gasteiger partial charge in [0.25, 0.3) is 0 Å². The van der Waals surface area contributed by atoms with Crippen molar-refractivity contribution in [1.82, 2.24) is 15.0 Å². The molecule has 3 heterocycles. The number of nitrogens with zero attached hydrogens (tertiary/aromatic N) is 4. The quantitative estimate of drug-likeness (QED) is 0.166. The van der Waals surface area contributed by atoms with Crippen molar-refractivity contribution in [3.05, 3.63) is 253 Å². The van der Waals surface area contributed by atoms with E-state index in [0.29, 0.717) is 17.5 Å².